The summed E-state index contributed by atoms with van der Waals surface area (Å²) in [7, 11) is 0. The van der Waals surface area contributed by atoms with Gasteiger partial charge in [-0.15, -0.1) is 11.3 Å². The molecule has 1 nitrogen and oxygen atoms in total. The van der Waals surface area contributed by atoms with Crippen LogP contribution in [0.2, 0.25) is 0 Å². The van der Waals surface area contributed by atoms with E-state index in [1.807, 2.05) is 11.3 Å². The van der Waals surface area contributed by atoms with E-state index in [0.29, 0.717) is 0 Å². The Labute approximate surface area is 90.3 Å². The molecule has 1 aromatic heterocycles. The summed E-state index contributed by atoms with van der Waals surface area (Å²) in [6, 6.07) is 4.30. The zero-order valence-electron chi connectivity index (χ0n) is 8.99. The van der Waals surface area contributed by atoms with Gasteiger partial charge in [0.1, 0.15) is 0 Å². The van der Waals surface area contributed by atoms with Crippen molar-refractivity contribution < 1.29 is 0 Å². The summed E-state index contributed by atoms with van der Waals surface area (Å²) in [5.41, 5.74) is 6.48. The van der Waals surface area contributed by atoms with Gasteiger partial charge in [-0.3, -0.25) is 0 Å². The third kappa shape index (κ3) is 1.86. The average Bonchev–Trinajstić information content (AvgIpc) is 2.52. The van der Waals surface area contributed by atoms with Crippen molar-refractivity contribution in [3.63, 3.8) is 0 Å². The van der Waals surface area contributed by atoms with Crippen LogP contribution >= 0.6 is 11.3 Å². The first-order chi connectivity index (χ1) is 6.60. The summed E-state index contributed by atoms with van der Waals surface area (Å²) in [4.78, 5) is 1.37. The van der Waals surface area contributed by atoms with Crippen LogP contribution in [0.3, 0.4) is 0 Å². The fourth-order valence-corrected chi connectivity index (χ4v) is 3.81. The molecule has 2 N–H and O–H groups in total. The molecular formula is C12H19NS. The second kappa shape index (κ2) is 3.67. The Morgan fingerprint density at radius 2 is 2.00 bits per heavy atom. The summed E-state index contributed by atoms with van der Waals surface area (Å²) >= 11 is 1.81. The van der Waals surface area contributed by atoms with Crippen molar-refractivity contribution in [3.8, 4) is 0 Å². The fourth-order valence-electron chi connectivity index (χ4n) is 2.94. The van der Waals surface area contributed by atoms with Crippen molar-refractivity contribution in [2.75, 3.05) is 0 Å². The second-order valence-corrected chi connectivity index (χ2v) is 5.94. The lowest BCUT2D eigenvalue weighted by molar-refractivity contribution is 0.187. The van der Waals surface area contributed by atoms with Gasteiger partial charge in [0, 0.05) is 4.88 Å². The minimum absolute atomic E-state index is 0.0365. The van der Waals surface area contributed by atoms with Crippen LogP contribution in [-0.2, 0) is 5.54 Å². The van der Waals surface area contributed by atoms with Crippen LogP contribution in [0.25, 0.3) is 0 Å². The van der Waals surface area contributed by atoms with E-state index in [1.165, 1.54) is 11.3 Å². The zero-order valence-corrected chi connectivity index (χ0v) is 9.81. The minimum atomic E-state index is -0.0365. The van der Waals surface area contributed by atoms with Gasteiger partial charge in [0.25, 0.3) is 0 Å². The monoisotopic (exact) mass is 209 g/mol. The standard InChI is InChI=1S/C12H19NS/c1-9-6-10(2)8-12(13,7-9)11-4-3-5-14-11/h3-5,9-10H,6-8,13H2,1-2H3. The van der Waals surface area contributed by atoms with Crippen LogP contribution in [0.1, 0.15) is 38.0 Å². The first-order valence-corrected chi connectivity index (χ1v) is 6.31. The Morgan fingerprint density at radius 3 is 2.50 bits per heavy atom. The van der Waals surface area contributed by atoms with Crippen molar-refractivity contribution in [2.45, 2.75) is 38.6 Å². The molecule has 1 heterocycles. The highest BCUT2D eigenvalue weighted by molar-refractivity contribution is 7.10. The number of hydrogen-bond acceptors (Lipinski definition) is 2. The Bertz CT molecular complexity index is 281. The molecule has 0 amide bonds. The molecule has 2 atom stereocenters. The smallest absolute Gasteiger partial charge is 0.0508 e. The Kier molecular flexibility index (Phi) is 2.67. The largest absolute Gasteiger partial charge is 0.321 e. The topological polar surface area (TPSA) is 26.0 Å². The van der Waals surface area contributed by atoms with Gasteiger partial charge >= 0.3 is 0 Å². The summed E-state index contributed by atoms with van der Waals surface area (Å²) < 4.78 is 0. The van der Waals surface area contributed by atoms with E-state index in [1.54, 1.807) is 0 Å². The van der Waals surface area contributed by atoms with Crippen LogP contribution in [0, 0.1) is 11.8 Å². The molecule has 0 saturated heterocycles. The highest BCUT2D eigenvalue weighted by Gasteiger charge is 2.36. The quantitative estimate of drug-likeness (QED) is 0.754. The molecule has 0 bridgehead atoms. The van der Waals surface area contributed by atoms with Gasteiger partial charge in [0.15, 0.2) is 0 Å². The van der Waals surface area contributed by atoms with Gasteiger partial charge in [-0.05, 0) is 42.5 Å². The average molecular weight is 209 g/mol. The SMILES string of the molecule is CC1CC(C)CC(N)(c2cccs2)C1. The maximum Gasteiger partial charge on any atom is 0.0508 e. The molecule has 14 heavy (non-hydrogen) atoms. The number of rotatable bonds is 1. The van der Waals surface area contributed by atoms with E-state index in [4.69, 9.17) is 5.73 Å². The van der Waals surface area contributed by atoms with Crippen LogP contribution in [0.5, 0.6) is 0 Å². The molecule has 2 heteroatoms. The normalized spacial score (nSPS) is 38.5. The molecule has 1 saturated carbocycles. The van der Waals surface area contributed by atoms with E-state index in [9.17, 15) is 0 Å². The third-order valence-electron chi connectivity index (χ3n) is 3.24. The molecule has 0 aliphatic heterocycles. The Balaban J connectivity index is 2.22. The highest BCUT2D eigenvalue weighted by Crippen LogP contribution is 2.42. The summed E-state index contributed by atoms with van der Waals surface area (Å²) in [6.07, 6.45) is 3.64. The van der Waals surface area contributed by atoms with Crippen molar-refractivity contribution in [3.05, 3.63) is 22.4 Å². The van der Waals surface area contributed by atoms with E-state index in [0.717, 1.165) is 24.7 Å². The molecule has 1 aliphatic rings. The van der Waals surface area contributed by atoms with Crippen molar-refractivity contribution in [1.29, 1.82) is 0 Å². The predicted octanol–water partition coefficient (Wildman–Crippen LogP) is 3.36. The van der Waals surface area contributed by atoms with Crippen LogP contribution < -0.4 is 5.73 Å². The van der Waals surface area contributed by atoms with Gasteiger partial charge in [-0.2, -0.15) is 0 Å². The summed E-state index contributed by atoms with van der Waals surface area (Å²) in [5.74, 6) is 1.54. The number of hydrogen-bond donors (Lipinski definition) is 1. The number of nitrogens with two attached hydrogens (primary N) is 1. The molecule has 1 aliphatic carbocycles. The lowest BCUT2D eigenvalue weighted by Gasteiger charge is -2.39. The van der Waals surface area contributed by atoms with Gasteiger partial charge < -0.3 is 5.73 Å². The van der Waals surface area contributed by atoms with E-state index in [-0.39, 0.29) is 5.54 Å². The fraction of sp³-hybridized carbons (Fsp3) is 0.667. The van der Waals surface area contributed by atoms with E-state index in [2.05, 4.69) is 31.4 Å². The second-order valence-electron chi connectivity index (χ2n) is 4.99. The molecule has 1 aromatic rings. The zero-order chi connectivity index (χ0) is 10.2. The van der Waals surface area contributed by atoms with Crippen molar-refractivity contribution >= 4 is 11.3 Å². The molecule has 0 aromatic carbocycles. The number of thiophene rings is 1. The molecule has 78 valence electrons. The van der Waals surface area contributed by atoms with Crippen LogP contribution in [-0.4, -0.2) is 0 Å². The van der Waals surface area contributed by atoms with Gasteiger partial charge in [0.05, 0.1) is 5.54 Å². The molecular weight excluding hydrogens is 190 g/mol. The maximum atomic E-state index is 6.52. The lowest BCUT2D eigenvalue weighted by atomic mass is 9.71. The first kappa shape index (κ1) is 10.2. The molecule has 1 fully saturated rings. The Morgan fingerprint density at radius 1 is 1.36 bits per heavy atom. The lowest BCUT2D eigenvalue weighted by Crippen LogP contribution is -2.42. The third-order valence-corrected chi connectivity index (χ3v) is 4.33. The van der Waals surface area contributed by atoms with Crippen LogP contribution in [0.15, 0.2) is 17.5 Å². The van der Waals surface area contributed by atoms with Crippen molar-refractivity contribution in [2.24, 2.45) is 17.6 Å². The van der Waals surface area contributed by atoms with E-state index >= 15 is 0 Å². The van der Waals surface area contributed by atoms with E-state index < -0.39 is 0 Å². The van der Waals surface area contributed by atoms with Crippen LogP contribution in [0.4, 0.5) is 0 Å². The minimum Gasteiger partial charge on any atom is -0.321 e. The molecule has 0 radical (unpaired) electrons. The summed E-state index contributed by atoms with van der Waals surface area (Å²) in [5, 5.41) is 2.13. The molecule has 2 rings (SSSR count). The molecule has 2 unspecified atom stereocenters. The van der Waals surface area contributed by atoms with Gasteiger partial charge in [-0.1, -0.05) is 19.9 Å². The summed E-state index contributed by atoms with van der Waals surface area (Å²) in [6.45, 7) is 4.65. The maximum absolute atomic E-state index is 6.52. The first-order valence-electron chi connectivity index (χ1n) is 5.43. The predicted molar refractivity (Wildman–Crippen MR) is 62.4 cm³/mol. The molecule has 0 spiro atoms. The highest BCUT2D eigenvalue weighted by atomic mass is 32.1. The Hall–Kier alpha value is -0.340. The van der Waals surface area contributed by atoms with Crippen molar-refractivity contribution in [1.82, 2.24) is 0 Å². The van der Waals surface area contributed by atoms with Gasteiger partial charge in [-0.25, -0.2) is 0 Å². The van der Waals surface area contributed by atoms with Gasteiger partial charge in [0.2, 0.25) is 0 Å².